The molecule has 1 aromatic carbocycles. The Balaban J connectivity index is 3.17. The van der Waals surface area contributed by atoms with Gasteiger partial charge in [-0.25, -0.2) is 4.79 Å². The maximum atomic E-state index is 11.7. The minimum atomic E-state index is -0.528. The largest absolute Gasteiger partial charge is 0.465 e. The lowest BCUT2D eigenvalue weighted by Gasteiger charge is -2.06. The van der Waals surface area contributed by atoms with Crippen LogP contribution in [0.15, 0.2) is 22.7 Å². The Hall–Kier alpha value is -0.870. The number of ether oxygens (including phenoxy) is 1. The summed E-state index contributed by atoms with van der Waals surface area (Å²) in [6.07, 6.45) is 0.202. The highest BCUT2D eigenvalue weighted by Crippen LogP contribution is 2.19. The van der Waals surface area contributed by atoms with Crippen molar-refractivity contribution in [2.24, 2.45) is 0 Å². The number of esters is 1. The summed E-state index contributed by atoms with van der Waals surface area (Å²) < 4.78 is 5.33. The van der Waals surface area contributed by atoms with Crippen molar-refractivity contribution in [3.63, 3.8) is 0 Å². The third-order valence-corrected chi connectivity index (χ3v) is 2.69. The highest BCUT2D eigenvalue weighted by atomic mass is 79.9. The molecule has 0 saturated heterocycles. The summed E-state index contributed by atoms with van der Waals surface area (Å²) in [5.74, 6) is -0.461. The van der Waals surface area contributed by atoms with Gasteiger partial charge in [0.05, 0.1) is 12.7 Å². The van der Waals surface area contributed by atoms with E-state index in [-0.39, 0.29) is 23.6 Å². The molecule has 0 spiro atoms. The third kappa shape index (κ3) is 3.06. The van der Waals surface area contributed by atoms with E-state index in [1.807, 2.05) is 0 Å². The van der Waals surface area contributed by atoms with E-state index in [1.54, 1.807) is 18.2 Å². The van der Waals surface area contributed by atoms with Crippen molar-refractivity contribution in [2.45, 2.75) is 6.42 Å². The first kappa shape index (κ1) is 13.2. The van der Waals surface area contributed by atoms with Gasteiger partial charge in [0.2, 0.25) is 0 Å². The van der Waals surface area contributed by atoms with E-state index in [4.69, 9.17) is 11.6 Å². The van der Waals surface area contributed by atoms with Gasteiger partial charge in [-0.05, 0) is 18.2 Å². The minimum absolute atomic E-state index is 0.164. The molecule has 0 bridgehead atoms. The zero-order valence-corrected chi connectivity index (χ0v) is 11.0. The third-order valence-electron chi connectivity index (χ3n) is 2.01. The molecule has 0 saturated carbocycles. The molecule has 1 aromatic rings. The molecule has 0 amide bonds. The van der Waals surface area contributed by atoms with Crippen LogP contribution >= 0.6 is 27.5 Å². The van der Waals surface area contributed by atoms with Crippen molar-refractivity contribution in [3.8, 4) is 0 Å². The summed E-state index contributed by atoms with van der Waals surface area (Å²) in [6.45, 7) is 0. The summed E-state index contributed by atoms with van der Waals surface area (Å²) >= 11 is 8.73. The van der Waals surface area contributed by atoms with Gasteiger partial charge in [-0.15, -0.1) is 11.6 Å². The van der Waals surface area contributed by atoms with Crippen LogP contribution in [0.2, 0.25) is 0 Å². The lowest BCUT2D eigenvalue weighted by Crippen LogP contribution is -2.10. The molecule has 1 rings (SSSR count). The molecule has 0 heterocycles. The highest BCUT2D eigenvalue weighted by molar-refractivity contribution is 9.10. The van der Waals surface area contributed by atoms with Crippen molar-refractivity contribution >= 4 is 39.3 Å². The quantitative estimate of drug-likeness (QED) is 0.488. The molecule has 0 aliphatic heterocycles. The van der Waals surface area contributed by atoms with Crippen molar-refractivity contribution in [3.05, 3.63) is 33.8 Å². The number of halogens is 2. The first-order valence-electron chi connectivity index (χ1n) is 4.57. The SMILES string of the molecule is COC(=O)c1cc(Br)ccc1C(=O)CCCl. The number of alkyl halides is 1. The van der Waals surface area contributed by atoms with Crippen molar-refractivity contribution < 1.29 is 14.3 Å². The fourth-order valence-corrected chi connectivity index (χ4v) is 1.79. The van der Waals surface area contributed by atoms with E-state index < -0.39 is 5.97 Å². The van der Waals surface area contributed by atoms with Crippen LogP contribution in [0.4, 0.5) is 0 Å². The van der Waals surface area contributed by atoms with E-state index in [2.05, 4.69) is 20.7 Å². The Morgan fingerprint density at radius 1 is 1.38 bits per heavy atom. The van der Waals surface area contributed by atoms with Crippen LogP contribution < -0.4 is 0 Å². The van der Waals surface area contributed by atoms with Crippen LogP contribution in [0, 0.1) is 0 Å². The maximum Gasteiger partial charge on any atom is 0.338 e. The van der Waals surface area contributed by atoms with Gasteiger partial charge in [-0.3, -0.25) is 4.79 Å². The summed E-state index contributed by atoms with van der Waals surface area (Å²) in [7, 11) is 1.28. The van der Waals surface area contributed by atoms with Gasteiger partial charge in [-0.2, -0.15) is 0 Å². The van der Waals surface area contributed by atoms with Crippen LogP contribution in [0.25, 0.3) is 0 Å². The van der Waals surface area contributed by atoms with E-state index in [1.165, 1.54) is 7.11 Å². The molecule has 16 heavy (non-hydrogen) atoms. The number of methoxy groups -OCH3 is 1. The zero-order valence-electron chi connectivity index (χ0n) is 8.63. The van der Waals surface area contributed by atoms with Gasteiger partial charge in [0.1, 0.15) is 0 Å². The predicted octanol–water partition coefficient (Wildman–Crippen LogP) is 3.05. The van der Waals surface area contributed by atoms with Crippen LogP contribution in [0.5, 0.6) is 0 Å². The van der Waals surface area contributed by atoms with Gasteiger partial charge in [0.15, 0.2) is 5.78 Å². The summed E-state index contributed by atoms with van der Waals surface area (Å²) in [5.41, 5.74) is 0.600. The number of hydrogen-bond donors (Lipinski definition) is 0. The number of ketones is 1. The number of rotatable bonds is 4. The first-order chi connectivity index (χ1) is 7.60. The second kappa shape index (κ2) is 6.01. The van der Waals surface area contributed by atoms with Gasteiger partial charge in [-0.1, -0.05) is 15.9 Å². The van der Waals surface area contributed by atoms with Crippen LogP contribution in [0.1, 0.15) is 27.1 Å². The number of carbonyl (C=O) groups excluding carboxylic acids is 2. The molecule has 0 radical (unpaired) electrons. The molecule has 0 N–H and O–H groups in total. The van der Waals surface area contributed by atoms with Crippen molar-refractivity contribution in [2.75, 3.05) is 13.0 Å². The summed E-state index contributed by atoms with van der Waals surface area (Å²) in [6, 6.07) is 4.85. The Labute approximate surface area is 107 Å². The molecule has 0 aliphatic rings. The lowest BCUT2D eigenvalue weighted by atomic mass is 10.0. The van der Waals surface area contributed by atoms with Gasteiger partial charge in [0, 0.05) is 22.3 Å². The molecule has 3 nitrogen and oxygen atoms in total. The van der Waals surface area contributed by atoms with E-state index >= 15 is 0 Å². The fraction of sp³-hybridized carbons (Fsp3) is 0.273. The highest BCUT2D eigenvalue weighted by Gasteiger charge is 2.17. The van der Waals surface area contributed by atoms with Crippen LogP contribution in [0.3, 0.4) is 0 Å². The van der Waals surface area contributed by atoms with Gasteiger partial charge < -0.3 is 4.74 Å². The van der Waals surface area contributed by atoms with Crippen molar-refractivity contribution in [1.29, 1.82) is 0 Å². The zero-order chi connectivity index (χ0) is 12.1. The average molecular weight is 306 g/mol. The summed E-state index contributed by atoms with van der Waals surface area (Å²) in [4.78, 5) is 23.2. The standard InChI is InChI=1S/C11H10BrClO3/c1-16-11(15)9-6-7(12)2-3-8(9)10(14)4-5-13/h2-3,6H,4-5H2,1H3. The molecule has 86 valence electrons. The Bertz CT molecular complexity index is 418. The Kier molecular flexibility index (Phi) is 4.96. The first-order valence-corrected chi connectivity index (χ1v) is 5.90. The van der Waals surface area contributed by atoms with E-state index in [0.717, 1.165) is 4.47 Å². The van der Waals surface area contributed by atoms with Crippen LogP contribution in [-0.2, 0) is 4.74 Å². The molecular weight excluding hydrogens is 295 g/mol. The molecule has 0 fully saturated rings. The smallest absolute Gasteiger partial charge is 0.338 e. The second-order valence-electron chi connectivity index (χ2n) is 3.04. The second-order valence-corrected chi connectivity index (χ2v) is 4.34. The Morgan fingerprint density at radius 2 is 2.06 bits per heavy atom. The number of hydrogen-bond acceptors (Lipinski definition) is 3. The molecular formula is C11H10BrClO3. The fourth-order valence-electron chi connectivity index (χ4n) is 1.26. The minimum Gasteiger partial charge on any atom is -0.465 e. The molecule has 0 aromatic heterocycles. The van der Waals surface area contributed by atoms with E-state index in [0.29, 0.717) is 5.56 Å². The predicted molar refractivity (Wildman–Crippen MR) is 65.1 cm³/mol. The number of benzene rings is 1. The molecule has 0 aliphatic carbocycles. The topological polar surface area (TPSA) is 43.4 Å². The van der Waals surface area contributed by atoms with E-state index in [9.17, 15) is 9.59 Å². The normalized spacial score (nSPS) is 9.94. The lowest BCUT2D eigenvalue weighted by molar-refractivity contribution is 0.0597. The van der Waals surface area contributed by atoms with Crippen molar-refractivity contribution in [1.82, 2.24) is 0 Å². The van der Waals surface area contributed by atoms with Gasteiger partial charge in [0.25, 0.3) is 0 Å². The van der Waals surface area contributed by atoms with Gasteiger partial charge >= 0.3 is 5.97 Å². The monoisotopic (exact) mass is 304 g/mol. The maximum absolute atomic E-state index is 11.7. The number of Topliss-reactive ketones (excluding diaryl/α,β-unsaturated/α-hetero) is 1. The molecule has 0 atom stereocenters. The van der Waals surface area contributed by atoms with Crippen LogP contribution in [-0.4, -0.2) is 24.7 Å². The number of carbonyl (C=O) groups is 2. The molecule has 0 unspecified atom stereocenters. The molecule has 5 heteroatoms. The average Bonchev–Trinajstić information content (AvgIpc) is 2.28. The summed E-state index contributed by atoms with van der Waals surface area (Å²) in [5, 5.41) is 0. The Morgan fingerprint density at radius 3 is 2.62 bits per heavy atom.